The number of rotatable bonds is 0. The number of benzene rings is 1. The molecule has 0 fully saturated rings. The predicted molar refractivity (Wildman–Crippen MR) is 94.9 cm³/mol. The summed E-state index contributed by atoms with van der Waals surface area (Å²) in [7, 11) is 0. The molecule has 4 bridgehead atoms. The van der Waals surface area contributed by atoms with Crippen molar-refractivity contribution < 1.29 is 14.3 Å². The summed E-state index contributed by atoms with van der Waals surface area (Å²) in [6.07, 6.45) is 4.27. The number of carbonyl (C=O) groups excluding carboxylic acids is 2. The Bertz CT molecular complexity index is 742. The van der Waals surface area contributed by atoms with Crippen LogP contribution in [-0.4, -0.2) is 46.5 Å². The van der Waals surface area contributed by atoms with Gasteiger partial charge in [0.15, 0.2) is 0 Å². The van der Waals surface area contributed by atoms with E-state index in [1.165, 1.54) is 0 Å². The maximum absolute atomic E-state index is 12.1. The van der Waals surface area contributed by atoms with Gasteiger partial charge >= 0.3 is 0 Å². The van der Waals surface area contributed by atoms with E-state index >= 15 is 0 Å². The van der Waals surface area contributed by atoms with E-state index in [-0.39, 0.29) is 11.8 Å². The third kappa shape index (κ3) is 5.30. The topological polar surface area (TPSA) is 98.1 Å². The van der Waals surface area contributed by atoms with Crippen molar-refractivity contribution in [2.45, 2.75) is 32.2 Å². The molecule has 2 aliphatic heterocycles. The van der Waals surface area contributed by atoms with E-state index in [2.05, 4.69) is 20.9 Å². The number of nitrogens with zero attached hydrogens (tertiary/aromatic N) is 3. The average molecular weight is 357 g/mol. The Morgan fingerprint density at radius 3 is 2.65 bits per heavy atom. The van der Waals surface area contributed by atoms with Crippen LogP contribution in [0.3, 0.4) is 0 Å². The minimum atomic E-state index is -0.128. The highest BCUT2D eigenvalue weighted by atomic mass is 16.5. The summed E-state index contributed by atoms with van der Waals surface area (Å²) in [5.74, 6) is 0.582. The second kappa shape index (κ2) is 8.98. The van der Waals surface area contributed by atoms with Crippen LogP contribution in [0.15, 0.2) is 30.5 Å². The van der Waals surface area contributed by atoms with Crippen LogP contribution in [0.4, 0.5) is 0 Å². The van der Waals surface area contributed by atoms with Crippen LogP contribution in [0.5, 0.6) is 5.75 Å². The molecule has 26 heavy (non-hydrogen) atoms. The average Bonchev–Trinajstić information content (AvgIpc) is 3.11. The van der Waals surface area contributed by atoms with E-state index in [1.54, 1.807) is 28.9 Å². The summed E-state index contributed by atoms with van der Waals surface area (Å²) in [4.78, 5) is 23.9. The number of fused-ring (bicyclic) bond motifs is 13. The molecule has 0 saturated carbocycles. The maximum atomic E-state index is 12.1. The first-order chi connectivity index (χ1) is 12.7. The van der Waals surface area contributed by atoms with Crippen LogP contribution in [0.2, 0.25) is 0 Å². The first-order valence-corrected chi connectivity index (χ1v) is 8.87. The van der Waals surface area contributed by atoms with Crippen LogP contribution in [-0.2, 0) is 17.8 Å². The van der Waals surface area contributed by atoms with E-state index in [1.807, 2.05) is 6.20 Å². The minimum Gasteiger partial charge on any atom is -0.494 e. The third-order valence-corrected chi connectivity index (χ3v) is 4.07. The molecule has 8 heteroatoms. The molecule has 0 atom stereocenters. The molecule has 2 aromatic rings. The van der Waals surface area contributed by atoms with Crippen molar-refractivity contribution in [2.24, 2.45) is 0 Å². The second-order valence-electron chi connectivity index (χ2n) is 6.16. The van der Waals surface area contributed by atoms with Crippen LogP contribution in [0.25, 0.3) is 0 Å². The Kier molecular flexibility index (Phi) is 6.19. The zero-order valence-corrected chi connectivity index (χ0v) is 14.6. The normalized spacial score (nSPS) is 17.1. The summed E-state index contributed by atoms with van der Waals surface area (Å²) in [5.41, 5.74) is 1.39. The highest BCUT2D eigenvalue weighted by Gasteiger charge is 2.08. The molecule has 0 spiro atoms. The first-order valence-electron chi connectivity index (χ1n) is 8.87. The Morgan fingerprint density at radius 1 is 1.00 bits per heavy atom. The van der Waals surface area contributed by atoms with Crippen molar-refractivity contribution in [2.75, 3.05) is 19.7 Å². The van der Waals surface area contributed by atoms with Crippen molar-refractivity contribution >= 4 is 11.8 Å². The molecule has 0 aliphatic carbocycles. The molecule has 138 valence electrons. The number of aromatic nitrogens is 3. The highest BCUT2D eigenvalue weighted by Crippen LogP contribution is 2.12. The fourth-order valence-corrected chi connectivity index (χ4v) is 2.63. The molecule has 2 amide bonds. The monoisotopic (exact) mass is 357 g/mol. The van der Waals surface area contributed by atoms with E-state index in [4.69, 9.17) is 4.74 Å². The quantitative estimate of drug-likeness (QED) is 0.731. The van der Waals surface area contributed by atoms with Gasteiger partial charge < -0.3 is 15.4 Å². The number of hydrogen-bond acceptors (Lipinski definition) is 5. The van der Waals surface area contributed by atoms with Crippen molar-refractivity contribution in [3.63, 3.8) is 0 Å². The largest absolute Gasteiger partial charge is 0.494 e. The van der Waals surface area contributed by atoms with Gasteiger partial charge in [0.1, 0.15) is 5.75 Å². The molecule has 4 rings (SSSR count). The Labute approximate surface area is 151 Å². The number of nitrogens with one attached hydrogen (secondary N) is 2. The number of aryl methyl sites for hydroxylation is 2. The maximum Gasteiger partial charge on any atom is 0.251 e. The van der Waals surface area contributed by atoms with Gasteiger partial charge in [-0.2, -0.15) is 0 Å². The Balaban J connectivity index is 1.62. The van der Waals surface area contributed by atoms with Crippen LogP contribution in [0.1, 0.15) is 35.3 Å². The lowest BCUT2D eigenvalue weighted by Crippen LogP contribution is -2.30. The van der Waals surface area contributed by atoms with E-state index in [9.17, 15) is 9.59 Å². The Hall–Kier alpha value is -2.90. The number of carbonyl (C=O) groups is 2. The molecule has 0 radical (unpaired) electrons. The second-order valence-corrected chi connectivity index (χ2v) is 6.16. The molecule has 1 aromatic heterocycles. The zero-order chi connectivity index (χ0) is 18.2. The lowest BCUT2D eigenvalue weighted by Gasteiger charge is -2.09. The van der Waals surface area contributed by atoms with Gasteiger partial charge in [0.2, 0.25) is 5.91 Å². The standard InChI is InChI=1S/C18H23N5O3/c24-17-8-5-15-13-23(22-21-15)11-2-12-26-16-6-3-14(4-7-16)18(25)20-10-1-9-19-17/h3-4,6-7,13H,1-2,5,8-12H2,(H,19,24)(H,20,25). The molecule has 0 saturated heterocycles. The zero-order valence-electron chi connectivity index (χ0n) is 14.6. The van der Waals surface area contributed by atoms with Gasteiger partial charge in [0.25, 0.3) is 5.91 Å². The Morgan fingerprint density at radius 2 is 1.81 bits per heavy atom. The van der Waals surface area contributed by atoms with Crippen molar-refractivity contribution in [1.29, 1.82) is 0 Å². The molecular formula is C18H23N5O3. The third-order valence-electron chi connectivity index (χ3n) is 4.07. The fraction of sp³-hybridized carbons (Fsp3) is 0.444. The summed E-state index contributed by atoms with van der Waals surface area (Å²) < 4.78 is 7.46. The van der Waals surface area contributed by atoms with Crippen LogP contribution >= 0.6 is 0 Å². The molecule has 1 aromatic carbocycles. The fourth-order valence-electron chi connectivity index (χ4n) is 2.63. The first kappa shape index (κ1) is 17.9. The summed E-state index contributed by atoms with van der Waals surface area (Å²) in [5, 5.41) is 13.9. The van der Waals surface area contributed by atoms with Crippen molar-refractivity contribution in [3.05, 3.63) is 41.7 Å². The van der Waals surface area contributed by atoms with Crippen LogP contribution in [0, 0.1) is 0 Å². The van der Waals surface area contributed by atoms with Gasteiger partial charge in [0, 0.05) is 50.7 Å². The molecule has 3 heterocycles. The van der Waals surface area contributed by atoms with Gasteiger partial charge in [-0.3, -0.25) is 14.3 Å². The molecule has 0 unspecified atom stereocenters. The van der Waals surface area contributed by atoms with Gasteiger partial charge in [-0.25, -0.2) is 0 Å². The summed E-state index contributed by atoms with van der Waals surface area (Å²) in [6.45, 7) is 2.27. The minimum absolute atomic E-state index is 0.0238. The predicted octanol–water partition coefficient (Wildman–Crippen LogP) is 0.929. The highest BCUT2D eigenvalue weighted by molar-refractivity contribution is 5.94. The number of amides is 2. The smallest absolute Gasteiger partial charge is 0.251 e. The number of hydrogen-bond donors (Lipinski definition) is 2. The molecular weight excluding hydrogens is 334 g/mol. The van der Waals surface area contributed by atoms with Gasteiger partial charge in [-0.15, -0.1) is 5.10 Å². The summed E-state index contributed by atoms with van der Waals surface area (Å²) in [6, 6.07) is 7.07. The number of ether oxygens (including phenoxy) is 1. The van der Waals surface area contributed by atoms with Crippen molar-refractivity contribution in [3.8, 4) is 5.75 Å². The van der Waals surface area contributed by atoms with Gasteiger partial charge in [-0.05, 0) is 30.7 Å². The van der Waals surface area contributed by atoms with Crippen LogP contribution < -0.4 is 15.4 Å². The summed E-state index contributed by atoms with van der Waals surface area (Å²) >= 11 is 0. The van der Waals surface area contributed by atoms with Gasteiger partial charge in [0.05, 0.1) is 12.3 Å². The van der Waals surface area contributed by atoms with E-state index in [0.717, 1.165) is 17.9 Å². The van der Waals surface area contributed by atoms with E-state index in [0.29, 0.717) is 51.1 Å². The molecule has 2 aliphatic rings. The lowest BCUT2D eigenvalue weighted by molar-refractivity contribution is -0.121. The lowest BCUT2D eigenvalue weighted by atomic mass is 10.2. The van der Waals surface area contributed by atoms with E-state index < -0.39 is 0 Å². The van der Waals surface area contributed by atoms with Gasteiger partial charge in [-0.1, -0.05) is 5.21 Å². The molecule has 8 nitrogen and oxygen atoms in total. The van der Waals surface area contributed by atoms with Crippen molar-refractivity contribution in [1.82, 2.24) is 25.6 Å². The SMILES string of the molecule is O=C1CCc2cn(nn2)CCCOc2ccc(cc2)C(=O)NCCCN1. The molecule has 2 N–H and O–H groups in total.